The summed E-state index contributed by atoms with van der Waals surface area (Å²) >= 11 is 0. The number of benzene rings is 1. The summed E-state index contributed by atoms with van der Waals surface area (Å²) in [4.78, 5) is 2.21. The molecule has 0 saturated carbocycles. The lowest BCUT2D eigenvalue weighted by Gasteiger charge is -2.27. The van der Waals surface area contributed by atoms with Crippen molar-refractivity contribution in [2.75, 3.05) is 40.0 Å². The Kier molecular flexibility index (Phi) is 5.39. The number of aliphatic hydroxyl groups excluding tert-OH is 1. The van der Waals surface area contributed by atoms with Crippen LogP contribution in [0.2, 0.25) is 0 Å². The number of aliphatic hydroxyl groups is 1. The number of rotatable bonds is 5. The van der Waals surface area contributed by atoms with E-state index in [1.54, 1.807) is 7.11 Å². The maximum Gasteiger partial charge on any atom is 0.126 e. The van der Waals surface area contributed by atoms with Crippen LogP contribution in [0.4, 0.5) is 0 Å². The SMILES string of the molecule is COc1ccccc1/C=C/C(O)CN1CCOCC1. The number of para-hydroxylation sites is 1. The summed E-state index contributed by atoms with van der Waals surface area (Å²) in [6, 6.07) is 7.77. The van der Waals surface area contributed by atoms with Gasteiger partial charge in [-0.3, -0.25) is 4.90 Å². The predicted molar refractivity (Wildman–Crippen MR) is 75.3 cm³/mol. The van der Waals surface area contributed by atoms with E-state index >= 15 is 0 Å². The van der Waals surface area contributed by atoms with Crippen molar-refractivity contribution in [2.45, 2.75) is 6.10 Å². The summed E-state index contributed by atoms with van der Waals surface area (Å²) in [6.07, 6.45) is 3.25. The summed E-state index contributed by atoms with van der Waals surface area (Å²) in [5.41, 5.74) is 0.978. The molecule has 1 atom stereocenters. The van der Waals surface area contributed by atoms with E-state index < -0.39 is 6.10 Å². The third-order valence-corrected chi connectivity index (χ3v) is 3.19. The Morgan fingerprint density at radius 2 is 2.11 bits per heavy atom. The Labute approximate surface area is 114 Å². The van der Waals surface area contributed by atoms with Crippen LogP contribution < -0.4 is 4.74 Å². The monoisotopic (exact) mass is 263 g/mol. The highest BCUT2D eigenvalue weighted by atomic mass is 16.5. The number of hydrogen-bond donors (Lipinski definition) is 1. The molecule has 0 bridgehead atoms. The van der Waals surface area contributed by atoms with Crippen LogP contribution in [0.25, 0.3) is 6.08 Å². The number of hydrogen-bond acceptors (Lipinski definition) is 4. The van der Waals surface area contributed by atoms with Crippen molar-refractivity contribution in [3.05, 3.63) is 35.9 Å². The molecule has 1 unspecified atom stereocenters. The van der Waals surface area contributed by atoms with Crippen LogP contribution in [0, 0.1) is 0 Å². The number of β-amino-alcohol motifs (C(OH)–C–C–N with tert-alkyl or cyclic N) is 1. The number of ether oxygens (including phenoxy) is 2. The fourth-order valence-electron chi connectivity index (χ4n) is 2.13. The van der Waals surface area contributed by atoms with E-state index in [4.69, 9.17) is 9.47 Å². The highest BCUT2D eigenvalue weighted by Crippen LogP contribution is 2.18. The van der Waals surface area contributed by atoms with E-state index in [0.717, 1.165) is 37.6 Å². The Bertz CT molecular complexity index is 414. The number of morpholine rings is 1. The van der Waals surface area contributed by atoms with Gasteiger partial charge >= 0.3 is 0 Å². The second kappa shape index (κ2) is 7.28. The first-order valence-electron chi connectivity index (χ1n) is 6.59. The molecule has 0 aromatic heterocycles. The summed E-state index contributed by atoms with van der Waals surface area (Å²) in [6.45, 7) is 3.93. The fourth-order valence-corrected chi connectivity index (χ4v) is 2.13. The van der Waals surface area contributed by atoms with Gasteiger partial charge in [-0.05, 0) is 6.07 Å². The molecular weight excluding hydrogens is 242 g/mol. The molecule has 1 saturated heterocycles. The van der Waals surface area contributed by atoms with Crippen molar-refractivity contribution >= 4 is 6.08 Å². The van der Waals surface area contributed by atoms with Crippen molar-refractivity contribution in [1.29, 1.82) is 0 Å². The third kappa shape index (κ3) is 4.35. The molecule has 0 radical (unpaired) electrons. The molecule has 1 fully saturated rings. The van der Waals surface area contributed by atoms with E-state index in [-0.39, 0.29) is 0 Å². The fraction of sp³-hybridized carbons (Fsp3) is 0.467. The molecule has 0 amide bonds. The quantitative estimate of drug-likeness (QED) is 0.872. The van der Waals surface area contributed by atoms with E-state index in [0.29, 0.717) is 6.54 Å². The minimum Gasteiger partial charge on any atom is -0.496 e. The van der Waals surface area contributed by atoms with E-state index in [2.05, 4.69) is 4.90 Å². The molecule has 1 heterocycles. The van der Waals surface area contributed by atoms with Gasteiger partial charge in [0.15, 0.2) is 0 Å². The normalized spacial score (nSPS) is 18.6. The summed E-state index contributed by atoms with van der Waals surface area (Å²) < 4.78 is 10.6. The predicted octanol–water partition coefficient (Wildman–Crippen LogP) is 1.40. The lowest BCUT2D eigenvalue weighted by atomic mass is 10.1. The molecule has 1 N–H and O–H groups in total. The first-order valence-corrected chi connectivity index (χ1v) is 6.59. The number of nitrogens with zero attached hydrogens (tertiary/aromatic N) is 1. The van der Waals surface area contributed by atoms with Crippen LogP contribution in [0.3, 0.4) is 0 Å². The van der Waals surface area contributed by atoms with Crippen LogP contribution in [0.5, 0.6) is 5.75 Å². The van der Waals surface area contributed by atoms with Gasteiger partial charge in [-0.25, -0.2) is 0 Å². The van der Waals surface area contributed by atoms with Crippen molar-refractivity contribution in [2.24, 2.45) is 0 Å². The van der Waals surface area contributed by atoms with Crippen molar-refractivity contribution in [3.8, 4) is 5.75 Å². The van der Waals surface area contributed by atoms with E-state index in [1.807, 2.05) is 36.4 Å². The zero-order valence-electron chi connectivity index (χ0n) is 11.3. The second-order valence-electron chi connectivity index (χ2n) is 4.58. The van der Waals surface area contributed by atoms with Gasteiger partial charge in [0.25, 0.3) is 0 Å². The molecule has 4 nitrogen and oxygen atoms in total. The standard InChI is InChI=1S/C15H21NO3/c1-18-15-5-3-2-4-13(15)6-7-14(17)12-16-8-10-19-11-9-16/h2-7,14,17H,8-12H2,1H3/b7-6+. The zero-order chi connectivity index (χ0) is 13.5. The van der Waals surface area contributed by atoms with Gasteiger partial charge in [-0.15, -0.1) is 0 Å². The van der Waals surface area contributed by atoms with Gasteiger partial charge < -0.3 is 14.6 Å². The van der Waals surface area contributed by atoms with Gasteiger partial charge in [0.1, 0.15) is 5.75 Å². The van der Waals surface area contributed by atoms with Crippen molar-refractivity contribution in [3.63, 3.8) is 0 Å². The average Bonchev–Trinajstić information content (AvgIpc) is 2.46. The molecule has 1 aromatic rings. The minimum atomic E-state index is -0.469. The lowest BCUT2D eigenvalue weighted by molar-refractivity contribution is 0.0223. The van der Waals surface area contributed by atoms with Crippen LogP contribution in [-0.2, 0) is 4.74 Å². The summed E-state index contributed by atoms with van der Waals surface area (Å²) in [7, 11) is 1.65. The van der Waals surface area contributed by atoms with E-state index in [1.165, 1.54) is 0 Å². The van der Waals surface area contributed by atoms with Crippen LogP contribution in [0.15, 0.2) is 30.3 Å². The highest BCUT2D eigenvalue weighted by molar-refractivity contribution is 5.57. The van der Waals surface area contributed by atoms with Crippen LogP contribution in [-0.4, -0.2) is 56.1 Å². The molecule has 0 aliphatic carbocycles. The summed E-state index contributed by atoms with van der Waals surface area (Å²) in [5, 5.41) is 10.0. The average molecular weight is 263 g/mol. The molecule has 1 aliphatic rings. The second-order valence-corrected chi connectivity index (χ2v) is 4.58. The van der Waals surface area contributed by atoms with Gasteiger partial charge in [0, 0.05) is 25.2 Å². The molecule has 0 spiro atoms. The third-order valence-electron chi connectivity index (χ3n) is 3.19. The van der Waals surface area contributed by atoms with Gasteiger partial charge in [0.2, 0.25) is 0 Å². The smallest absolute Gasteiger partial charge is 0.126 e. The first kappa shape index (κ1) is 14.1. The largest absolute Gasteiger partial charge is 0.496 e. The molecule has 1 aromatic carbocycles. The number of methoxy groups -OCH3 is 1. The molecule has 2 rings (SSSR count). The molecule has 19 heavy (non-hydrogen) atoms. The highest BCUT2D eigenvalue weighted by Gasteiger charge is 2.12. The minimum absolute atomic E-state index is 0.469. The topological polar surface area (TPSA) is 41.9 Å². The van der Waals surface area contributed by atoms with Gasteiger partial charge in [-0.2, -0.15) is 0 Å². The molecule has 1 aliphatic heterocycles. The first-order chi connectivity index (χ1) is 9.29. The van der Waals surface area contributed by atoms with Gasteiger partial charge in [0.05, 0.1) is 26.4 Å². The van der Waals surface area contributed by atoms with E-state index in [9.17, 15) is 5.11 Å². The Hall–Kier alpha value is -1.36. The molecular formula is C15H21NO3. The molecule has 104 valence electrons. The van der Waals surface area contributed by atoms with Crippen molar-refractivity contribution < 1.29 is 14.6 Å². The van der Waals surface area contributed by atoms with Crippen LogP contribution in [0.1, 0.15) is 5.56 Å². The van der Waals surface area contributed by atoms with Gasteiger partial charge in [-0.1, -0.05) is 30.4 Å². The Balaban J connectivity index is 1.90. The zero-order valence-corrected chi connectivity index (χ0v) is 11.3. The maximum absolute atomic E-state index is 10.0. The van der Waals surface area contributed by atoms with Crippen molar-refractivity contribution in [1.82, 2.24) is 4.90 Å². The Morgan fingerprint density at radius 1 is 1.37 bits per heavy atom. The lowest BCUT2D eigenvalue weighted by Crippen LogP contribution is -2.40. The maximum atomic E-state index is 10.0. The van der Waals surface area contributed by atoms with Crippen LogP contribution >= 0.6 is 0 Å². The Morgan fingerprint density at radius 3 is 2.84 bits per heavy atom. The summed E-state index contributed by atoms with van der Waals surface area (Å²) in [5.74, 6) is 0.817. The molecule has 4 heteroatoms.